The first-order valence-corrected chi connectivity index (χ1v) is 9.71. The summed E-state index contributed by atoms with van der Waals surface area (Å²) in [5.74, 6) is 1.85. The van der Waals surface area contributed by atoms with Crippen LogP contribution in [0.2, 0.25) is 0 Å². The van der Waals surface area contributed by atoms with Crippen LogP contribution in [0.3, 0.4) is 0 Å². The van der Waals surface area contributed by atoms with Crippen molar-refractivity contribution in [3.63, 3.8) is 0 Å². The first-order valence-electron chi connectivity index (χ1n) is 9.71. The lowest BCUT2D eigenvalue weighted by molar-refractivity contribution is -0.194. The van der Waals surface area contributed by atoms with Crippen LogP contribution in [0.1, 0.15) is 72.1 Å². The van der Waals surface area contributed by atoms with E-state index in [2.05, 4.69) is 13.8 Å². The van der Waals surface area contributed by atoms with Crippen molar-refractivity contribution in [1.29, 1.82) is 0 Å². The zero-order chi connectivity index (χ0) is 17.1. The molecule has 0 unspecified atom stereocenters. The second kappa shape index (κ2) is 5.47. The van der Waals surface area contributed by atoms with E-state index in [0.29, 0.717) is 24.2 Å². The fourth-order valence-electron chi connectivity index (χ4n) is 6.90. The summed E-state index contributed by atoms with van der Waals surface area (Å²) in [5.41, 5.74) is 0.291. The molecule has 4 heteroatoms. The molecule has 4 aliphatic rings. The van der Waals surface area contributed by atoms with E-state index in [4.69, 9.17) is 9.47 Å². The van der Waals surface area contributed by atoms with E-state index in [1.165, 1.54) is 19.8 Å². The van der Waals surface area contributed by atoms with Crippen molar-refractivity contribution >= 4 is 11.9 Å². The largest absolute Gasteiger partial charge is 0.462 e. The normalized spacial score (nSPS) is 50.3. The molecule has 0 spiro atoms. The molecule has 0 aromatic carbocycles. The van der Waals surface area contributed by atoms with Crippen molar-refractivity contribution in [3.8, 4) is 0 Å². The lowest BCUT2D eigenvalue weighted by Crippen LogP contribution is -2.57. The summed E-state index contributed by atoms with van der Waals surface area (Å²) < 4.78 is 11.4. The number of fused-ring (bicyclic) bond motifs is 5. The molecule has 1 aliphatic heterocycles. The number of ether oxygens (including phenoxy) is 2. The number of carbonyl (C=O) groups is 2. The maximum absolute atomic E-state index is 11.7. The molecular weight excluding hydrogens is 304 g/mol. The van der Waals surface area contributed by atoms with Gasteiger partial charge in [-0.15, -0.1) is 0 Å². The van der Waals surface area contributed by atoms with Crippen LogP contribution < -0.4 is 0 Å². The molecule has 24 heavy (non-hydrogen) atoms. The zero-order valence-corrected chi connectivity index (χ0v) is 15.2. The van der Waals surface area contributed by atoms with Gasteiger partial charge in [-0.2, -0.15) is 0 Å². The van der Waals surface area contributed by atoms with Crippen molar-refractivity contribution in [1.82, 2.24) is 0 Å². The average molecular weight is 334 g/mol. The molecule has 0 radical (unpaired) electrons. The first kappa shape index (κ1) is 16.4. The van der Waals surface area contributed by atoms with Gasteiger partial charge in [0.25, 0.3) is 0 Å². The van der Waals surface area contributed by atoms with Gasteiger partial charge in [0, 0.05) is 24.2 Å². The quantitative estimate of drug-likeness (QED) is 0.683. The Kier molecular flexibility index (Phi) is 3.74. The SMILES string of the molecule is CC(=O)O[C@@H]1CC[C@H]2[C@H]3CC[C@H]4OC(=O)CC[C@]4(C)[C@@H]3CC[C@]12C. The summed E-state index contributed by atoms with van der Waals surface area (Å²) in [7, 11) is 0. The van der Waals surface area contributed by atoms with Gasteiger partial charge in [-0.05, 0) is 62.7 Å². The Hall–Kier alpha value is -1.06. The van der Waals surface area contributed by atoms with Gasteiger partial charge in [-0.1, -0.05) is 13.8 Å². The molecule has 3 saturated carbocycles. The Labute approximate surface area is 144 Å². The zero-order valence-electron chi connectivity index (χ0n) is 15.2. The summed E-state index contributed by atoms with van der Waals surface area (Å²) in [6.07, 6.45) is 8.44. The smallest absolute Gasteiger partial charge is 0.306 e. The summed E-state index contributed by atoms with van der Waals surface area (Å²) in [5, 5.41) is 0. The molecule has 1 saturated heterocycles. The van der Waals surface area contributed by atoms with Crippen LogP contribution in [-0.4, -0.2) is 24.1 Å². The monoisotopic (exact) mass is 334 g/mol. The van der Waals surface area contributed by atoms with Gasteiger partial charge < -0.3 is 9.47 Å². The third-order valence-electron chi connectivity index (χ3n) is 8.14. The number of hydrogen-bond acceptors (Lipinski definition) is 4. The van der Waals surface area contributed by atoms with Crippen molar-refractivity contribution in [2.75, 3.05) is 0 Å². The Morgan fingerprint density at radius 3 is 2.54 bits per heavy atom. The highest BCUT2D eigenvalue weighted by molar-refractivity contribution is 5.70. The van der Waals surface area contributed by atoms with Crippen molar-refractivity contribution in [3.05, 3.63) is 0 Å². The molecule has 3 aliphatic carbocycles. The van der Waals surface area contributed by atoms with E-state index in [1.807, 2.05) is 0 Å². The summed E-state index contributed by atoms with van der Waals surface area (Å²) in [4.78, 5) is 23.2. The van der Waals surface area contributed by atoms with Crippen molar-refractivity contribution in [2.45, 2.75) is 84.3 Å². The molecule has 0 amide bonds. The molecule has 4 fully saturated rings. The molecule has 7 atom stereocenters. The number of rotatable bonds is 1. The lowest BCUT2D eigenvalue weighted by Gasteiger charge is -2.59. The van der Waals surface area contributed by atoms with Crippen molar-refractivity contribution in [2.24, 2.45) is 28.6 Å². The van der Waals surface area contributed by atoms with Crippen LogP contribution in [-0.2, 0) is 19.1 Å². The maximum Gasteiger partial charge on any atom is 0.306 e. The Bertz CT molecular complexity index is 558. The Morgan fingerprint density at radius 2 is 1.79 bits per heavy atom. The first-order chi connectivity index (χ1) is 11.3. The van der Waals surface area contributed by atoms with Gasteiger partial charge in [0.1, 0.15) is 12.2 Å². The third-order valence-corrected chi connectivity index (χ3v) is 8.14. The second-order valence-electron chi connectivity index (χ2n) is 9.16. The summed E-state index contributed by atoms with van der Waals surface area (Å²) in [6, 6.07) is 0. The fraction of sp³-hybridized carbons (Fsp3) is 0.900. The van der Waals surface area contributed by atoms with Gasteiger partial charge >= 0.3 is 11.9 Å². The predicted molar refractivity (Wildman–Crippen MR) is 89.1 cm³/mol. The average Bonchev–Trinajstić information content (AvgIpc) is 2.84. The topological polar surface area (TPSA) is 52.6 Å². The van der Waals surface area contributed by atoms with Crippen LogP contribution >= 0.6 is 0 Å². The van der Waals surface area contributed by atoms with E-state index >= 15 is 0 Å². The van der Waals surface area contributed by atoms with E-state index in [0.717, 1.165) is 32.1 Å². The van der Waals surface area contributed by atoms with Gasteiger partial charge in [0.05, 0.1) is 0 Å². The highest BCUT2D eigenvalue weighted by Gasteiger charge is 2.61. The maximum atomic E-state index is 11.7. The van der Waals surface area contributed by atoms with Gasteiger partial charge in [0.2, 0.25) is 0 Å². The minimum atomic E-state index is -0.140. The van der Waals surface area contributed by atoms with Gasteiger partial charge in [0.15, 0.2) is 0 Å². The molecular formula is C20H30O4. The minimum Gasteiger partial charge on any atom is -0.462 e. The van der Waals surface area contributed by atoms with Crippen LogP contribution in [0.25, 0.3) is 0 Å². The van der Waals surface area contributed by atoms with Crippen LogP contribution in [0.5, 0.6) is 0 Å². The van der Waals surface area contributed by atoms with Crippen molar-refractivity contribution < 1.29 is 19.1 Å². The lowest BCUT2D eigenvalue weighted by atomic mass is 9.48. The highest BCUT2D eigenvalue weighted by Crippen LogP contribution is 2.64. The van der Waals surface area contributed by atoms with Gasteiger partial charge in [-0.3, -0.25) is 9.59 Å². The summed E-state index contributed by atoms with van der Waals surface area (Å²) >= 11 is 0. The molecule has 0 aromatic heterocycles. The van der Waals surface area contributed by atoms with Crippen LogP contribution in [0, 0.1) is 28.6 Å². The number of hydrogen-bond donors (Lipinski definition) is 0. The molecule has 4 rings (SSSR count). The minimum absolute atomic E-state index is 0.00707. The highest BCUT2D eigenvalue weighted by atomic mass is 16.5. The second-order valence-corrected chi connectivity index (χ2v) is 9.16. The number of esters is 2. The Morgan fingerprint density at radius 1 is 1.04 bits per heavy atom. The van der Waals surface area contributed by atoms with E-state index < -0.39 is 0 Å². The predicted octanol–water partition coefficient (Wildman–Crippen LogP) is 3.87. The van der Waals surface area contributed by atoms with Crippen LogP contribution in [0.4, 0.5) is 0 Å². The van der Waals surface area contributed by atoms with E-state index in [1.54, 1.807) is 0 Å². The van der Waals surface area contributed by atoms with Gasteiger partial charge in [-0.25, -0.2) is 0 Å². The van der Waals surface area contributed by atoms with E-state index in [9.17, 15) is 9.59 Å². The molecule has 1 heterocycles. The van der Waals surface area contributed by atoms with Crippen LogP contribution in [0.15, 0.2) is 0 Å². The molecule has 0 aromatic rings. The molecule has 0 bridgehead atoms. The standard InChI is InChI=1S/C20H30O4/c1-12(21)23-16-7-5-14-13-4-6-17-20(3,11-9-18(22)24-17)15(13)8-10-19(14,16)2/h13-17H,4-11H2,1-3H3/t13-,14+,15-,16-,17-,19+,20-/m1/s1. The number of carbonyl (C=O) groups excluding carboxylic acids is 2. The molecule has 134 valence electrons. The molecule has 4 nitrogen and oxygen atoms in total. The van der Waals surface area contributed by atoms with E-state index in [-0.39, 0.29) is 35.0 Å². The molecule has 0 N–H and O–H groups in total. The summed E-state index contributed by atoms with van der Waals surface area (Å²) in [6.45, 7) is 6.25. The third kappa shape index (κ3) is 2.24. The fourth-order valence-corrected chi connectivity index (χ4v) is 6.90. The Balaban J connectivity index is 1.58.